The maximum atomic E-state index is 5.31. The lowest BCUT2D eigenvalue weighted by molar-refractivity contribution is 0.157. The lowest BCUT2D eigenvalue weighted by Crippen LogP contribution is -2.40. The number of aliphatic imine (C=N–C) groups is 1. The molecular weight excluding hydrogens is 439 g/mol. The summed E-state index contributed by atoms with van der Waals surface area (Å²) in [5.41, 5.74) is 2.54. The summed E-state index contributed by atoms with van der Waals surface area (Å²) in [6, 6.07) is 8.74. The third-order valence-corrected chi connectivity index (χ3v) is 4.83. The lowest BCUT2D eigenvalue weighted by atomic mass is 10.1. The second-order valence-corrected chi connectivity index (χ2v) is 6.77. The molecule has 144 valence electrons. The SMILES string of the molecule is CCNC(=NCc1cccc(N2CC=CC2)c1)N1CCC(COC)C1.I. The number of guanidine groups is 1. The molecule has 1 fully saturated rings. The van der Waals surface area contributed by atoms with Gasteiger partial charge in [-0.3, -0.25) is 0 Å². The number of rotatable bonds is 6. The van der Waals surface area contributed by atoms with E-state index >= 15 is 0 Å². The van der Waals surface area contributed by atoms with Gasteiger partial charge in [-0.15, -0.1) is 24.0 Å². The molecule has 1 aromatic rings. The third-order valence-electron chi connectivity index (χ3n) is 4.83. The van der Waals surface area contributed by atoms with Crippen molar-refractivity contribution in [1.82, 2.24) is 10.2 Å². The van der Waals surface area contributed by atoms with E-state index in [-0.39, 0.29) is 24.0 Å². The molecule has 26 heavy (non-hydrogen) atoms. The third kappa shape index (κ3) is 5.61. The molecule has 0 bridgehead atoms. The number of hydrogen-bond acceptors (Lipinski definition) is 3. The first-order chi connectivity index (χ1) is 12.3. The van der Waals surface area contributed by atoms with Gasteiger partial charge in [0.25, 0.3) is 0 Å². The van der Waals surface area contributed by atoms with E-state index in [0.29, 0.717) is 12.5 Å². The molecule has 1 atom stereocenters. The number of methoxy groups -OCH3 is 1. The van der Waals surface area contributed by atoms with Crippen LogP contribution in [0.4, 0.5) is 5.69 Å². The van der Waals surface area contributed by atoms with Crippen LogP contribution in [0.2, 0.25) is 0 Å². The number of ether oxygens (including phenoxy) is 1. The van der Waals surface area contributed by atoms with E-state index in [4.69, 9.17) is 9.73 Å². The van der Waals surface area contributed by atoms with Crippen LogP contribution in [0.5, 0.6) is 0 Å². The Morgan fingerprint density at radius 3 is 2.85 bits per heavy atom. The first-order valence-corrected chi connectivity index (χ1v) is 9.31. The first kappa shape index (κ1) is 21.0. The highest BCUT2D eigenvalue weighted by Crippen LogP contribution is 2.20. The normalized spacial score (nSPS) is 19.8. The van der Waals surface area contributed by atoms with Crippen molar-refractivity contribution in [1.29, 1.82) is 0 Å². The van der Waals surface area contributed by atoms with E-state index in [1.807, 2.05) is 0 Å². The smallest absolute Gasteiger partial charge is 0.194 e. The highest BCUT2D eigenvalue weighted by Gasteiger charge is 2.24. The Hall–Kier alpha value is -1.28. The summed E-state index contributed by atoms with van der Waals surface area (Å²) in [4.78, 5) is 9.62. The Morgan fingerprint density at radius 2 is 2.12 bits per heavy atom. The fraction of sp³-hybridized carbons (Fsp3) is 0.550. The molecule has 1 aromatic carbocycles. The van der Waals surface area contributed by atoms with E-state index < -0.39 is 0 Å². The molecule has 2 aliphatic rings. The Balaban J connectivity index is 0.00000243. The molecule has 6 heteroatoms. The molecule has 2 heterocycles. The van der Waals surface area contributed by atoms with Crippen molar-refractivity contribution in [2.45, 2.75) is 19.9 Å². The molecule has 3 rings (SSSR count). The van der Waals surface area contributed by atoms with Gasteiger partial charge in [0.15, 0.2) is 5.96 Å². The first-order valence-electron chi connectivity index (χ1n) is 9.31. The summed E-state index contributed by atoms with van der Waals surface area (Å²) in [7, 11) is 1.78. The summed E-state index contributed by atoms with van der Waals surface area (Å²) in [6.07, 6.45) is 5.62. The van der Waals surface area contributed by atoms with Crippen molar-refractivity contribution in [3.8, 4) is 0 Å². The van der Waals surface area contributed by atoms with Crippen LogP contribution >= 0.6 is 24.0 Å². The van der Waals surface area contributed by atoms with Gasteiger partial charge in [-0.2, -0.15) is 0 Å². The van der Waals surface area contributed by atoms with Crippen LogP contribution in [0.15, 0.2) is 41.4 Å². The van der Waals surface area contributed by atoms with Crippen LogP contribution in [0.25, 0.3) is 0 Å². The maximum Gasteiger partial charge on any atom is 0.194 e. The van der Waals surface area contributed by atoms with Gasteiger partial charge in [0.1, 0.15) is 0 Å². The zero-order valence-electron chi connectivity index (χ0n) is 15.9. The predicted molar refractivity (Wildman–Crippen MR) is 120 cm³/mol. The van der Waals surface area contributed by atoms with Crippen molar-refractivity contribution >= 4 is 35.6 Å². The van der Waals surface area contributed by atoms with E-state index in [0.717, 1.165) is 45.3 Å². The Bertz CT molecular complexity index is 612. The van der Waals surface area contributed by atoms with Crippen LogP contribution in [-0.4, -0.2) is 57.3 Å². The standard InChI is InChI=1S/C20H30N4O.HI/c1-3-21-20(24-12-9-18(15-24)16-25-2)22-14-17-7-6-8-19(13-17)23-10-4-5-11-23;/h4-8,13,18H,3,9-12,14-16H2,1-2H3,(H,21,22);1H. The molecule has 0 aromatic heterocycles. The van der Waals surface area contributed by atoms with Gasteiger partial charge < -0.3 is 19.9 Å². The van der Waals surface area contributed by atoms with Crippen molar-refractivity contribution in [2.75, 3.05) is 51.3 Å². The molecule has 0 aliphatic carbocycles. The molecule has 0 radical (unpaired) electrons. The largest absolute Gasteiger partial charge is 0.384 e. The molecular formula is C20H31IN4O. The summed E-state index contributed by atoms with van der Waals surface area (Å²) in [5, 5.41) is 3.44. The van der Waals surface area contributed by atoms with Crippen molar-refractivity contribution < 1.29 is 4.74 Å². The van der Waals surface area contributed by atoms with Crippen molar-refractivity contribution in [2.24, 2.45) is 10.9 Å². The average Bonchev–Trinajstić information content (AvgIpc) is 3.31. The zero-order chi connectivity index (χ0) is 17.5. The summed E-state index contributed by atoms with van der Waals surface area (Å²) in [6.45, 7) is 8.65. The van der Waals surface area contributed by atoms with Crippen molar-refractivity contribution in [3.63, 3.8) is 0 Å². The van der Waals surface area contributed by atoms with E-state index in [1.54, 1.807) is 7.11 Å². The minimum absolute atomic E-state index is 0. The van der Waals surface area contributed by atoms with Gasteiger partial charge >= 0.3 is 0 Å². The zero-order valence-corrected chi connectivity index (χ0v) is 18.2. The van der Waals surface area contributed by atoms with Crippen LogP contribution in [0.3, 0.4) is 0 Å². The van der Waals surface area contributed by atoms with Crippen LogP contribution in [0, 0.1) is 5.92 Å². The molecule has 0 saturated carbocycles. The van der Waals surface area contributed by atoms with Gasteiger partial charge in [-0.05, 0) is 31.0 Å². The molecule has 1 unspecified atom stereocenters. The summed E-state index contributed by atoms with van der Waals surface area (Å²) >= 11 is 0. The fourth-order valence-electron chi connectivity index (χ4n) is 3.53. The Morgan fingerprint density at radius 1 is 1.31 bits per heavy atom. The lowest BCUT2D eigenvalue weighted by Gasteiger charge is -2.22. The van der Waals surface area contributed by atoms with Crippen LogP contribution < -0.4 is 10.2 Å². The monoisotopic (exact) mass is 470 g/mol. The van der Waals surface area contributed by atoms with Gasteiger partial charge in [0, 0.05) is 51.4 Å². The number of hydrogen-bond donors (Lipinski definition) is 1. The summed E-state index contributed by atoms with van der Waals surface area (Å²) in [5.74, 6) is 1.63. The number of likely N-dealkylation sites (tertiary alicyclic amines) is 1. The topological polar surface area (TPSA) is 40.1 Å². The molecule has 2 aliphatic heterocycles. The van der Waals surface area contributed by atoms with Gasteiger partial charge in [-0.1, -0.05) is 24.3 Å². The van der Waals surface area contributed by atoms with E-state index in [2.05, 4.69) is 58.5 Å². The highest BCUT2D eigenvalue weighted by atomic mass is 127. The molecule has 1 saturated heterocycles. The number of nitrogens with zero attached hydrogens (tertiary/aromatic N) is 3. The molecule has 5 nitrogen and oxygen atoms in total. The molecule has 0 spiro atoms. The Labute approximate surface area is 174 Å². The average molecular weight is 470 g/mol. The quantitative estimate of drug-likeness (QED) is 0.300. The second kappa shape index (κ2) is 10.8. The van der Waals surface area contributed by atoms with Crippen LogP contribution in [0.1, 0.15) is 18.9 Å². The Kier molecular flexibility index (Phi) is 8.71. The van der Waals surface area contributed by atoms with E-state index in [1.165, 1.54) is 17.7 Å². The number of benzene rings is 1. The van der Waals surface area contributed by atoms with Gasteiger partial charge in [-0.25, -0.2) is 4.99 Å². The minimum Gasteiger partial charge on any atom is -0.384 e. The van der Waals surface area contributed by atoms with Crippen LogP contribution in [-0.2, 0) is 11.3 Å². The molecule has 0 amide bonds. The van der Waals surface area contributed by atoms with Gasteiger partial charge in [0.2, 0.25) is 0 Å². The molecule has 1 N–H and O–H groups in total. The predicted octanol–water partition coefficient (Wildman–Crippen LogP) is 3.11. The highest BCUT2D eigenvalue weighted by molar-refractivity contribution is 14.0. The van der Waals surface area contributed by atoms with E-state index in [9.17, 15) is 0 Å². The number of anilines is 1. The number of nitrogens with one attached hydrogen (secondary N) is 1. The minimum atomic E-state index is 0. The van der Waals surface area contributed by atoms with Crippen molar-refractivity contribution in [3.05, 3.63) is 42.0 Å². The van der Waals surface area contributed by atoms with Gasteiger partial charge in [0.05, 0.1) is 13.2 Å². The maximum absolute atomic E-state index is 5.31. The second-order valence-electron chi connectivity index (χ2n) is 6.77. The number of halogens is 1. The summed E-state index contributed by atoms with van der Waals surface area (Å²) < 4.78 is 5.31. The fourth-order valence-corrected chi connectivity index (χ4v) is 3.53.